The van der Waals surface area contributed by atoms with Gasteiger partial charge in [-0.15, -0.1) is 0 Å². The maximum atomic E-state index is 10.4. The van der Waals surface area contributed by atoms with E-state index in [1.807, 2.05) is 6.07 Å². The molecule has 0 aliphatic heterocycles. The van der Waals surface area contributed by atoms with Crippen LogP contribution in [0.1, 0.15) is 5.56 Å². The van der Waals surface area contributed by atoms with E-state index >= 15 is 0 Å². The molecule has 0 spiro atoms. The summed E-state index contributed by atoms with van der Waals surface area (Å²) in [6.07, 6.45) is 0. The van der Waals surface area contributed by atoms with Crippen LogP contribution in [0.2, 0.25) is 0 Å². The number of nitrogen functional groups attached to an aromatic ring is 1. The molecule has 0 unspecified atom stereocenters. The molecule has 0 saturated heterocycles. The van der Waals surface area contributed by atoms with E-state index in [1.165, 1.54) is 0 Å². The number of carboxylic acids is 1. The third kappa shape index (κ3) is 1.59. The van der Waals surface area contributed by atoms with Crippen molar-refractivity contribution in [1.29, 1.82) is 5.26 Å². The Morgan fingerprint density at radius 1 is 1.86 bits per heavy atom. The van der Waals surface area contributed by atoms with E-state index in [1.54, 1.807) is 7.05 Å². The Morgan fingerprint density at radius 3 is 2.86 bits per heavy atom. The number of rotatable bonds is 3. The normalized spacial score (nSPS) is 9.43. The zero-order valence-electron chi connectivity index (χ0n) is 7.48. The van der Waals surface area contributed by atoms with Crippen LogP contribution in [0.5, 0.6) is 0 Å². The lowest BCUT2D eigenvalue weighted by atomic mass is 10.3. The fourth-order valence-corrected chi connectivity index (χ4v) is 1.01. The van der Waals surface area contributed by atoms with Crippen molar-refractivity contribution in [1.82, 2.24) is 9.78 Å². The molecule has 0 atom stereocenters. The molecule has 0 amide bonds. The minimum absolute atomic E-state index is 0.0549. The molecular formula is C7H9N5O2. The van der Waals surface area contributed by atoms with Crippen molar-refractivity contribution in [3.63, 3.8) is 0 Å². The van der Waals surface area contributed by atoms with Gasteiger partial charge < -0.3 is 16.2 Å². The highest BCUT2D eigenvalue weighted by atomic mass is 16.4. The van der Waals surface area contributed by atoms with Gasteiger partial charge in [0.05, 0.1) is 0 Å². The van der Waals surface area contributed by atoms with Crippen LogP contribution in [0.25, 0.3) is 0 Å². The highest BCUT2D eigenvalue weighted by Gasteiger charge is 2.15. The Hall–Kier alpha value is -2.23. The van der Waals surface area contributed by atoms with E-state index in [0.29, 0.717) is 0 Å². The monoisotopic (exact) mass is 195 g/mol. The molecule has 7 nitrogen and oxygen atoms in total. The van der Waals surface area contributed by atoms with Crippen molar-refractivity contribution in [3.05, 3.63) is 5.56 Å². The fourth-order valence-electron chi connectivity index (χ4n) is 1.01. The zero-order chi connectivity index (χ0) is 10.7. The van der Waals surface area contributed by atoms with Gasteiger partial charge in [0.15, 0.2) is 5.82 Å². The molecule has 7 heteroatoms. The van der Waals surface area contributed by atoms with E-state index in [-0.39, 0.29) is 23.7 Å². The van der Waals surface area contributed by atoms with E-state index in [2.05, 4.69) is 10.4 Å². The lowest BCUT2D eigenvalue weighted by Gasteiger charge is -1.97. The first-order chi connectivity index (χ1) is 6.60. The van der Waals surface area contributed by atoms with Gasteiger partial charge in [0.2, 0.25) is 0 Å². The van der Waals surface area contributed by atoms with Crippen LogP contribution in [0.4, 0.5) is 11.6 Å². The van der Waals surface area contributed by atoms with Crippen LogP contribution >= 0.6 is 0 Å². The lowest BCUT2D eigenvalue weighted by Crippen LogP contribution is -2.12. The zero-order valence-corrected chi connectivity index (χ0v) is 7.48. The van der Waals surface area contributed by atoms with E-state index in [0.717, 1.165) is 4.68 Å². The molecule has 0 aliphatic carbocycles. The number of aliphatic carboxylic acids is 1. The molecule has 0 radical (unpaired) electrons. The Bertz CT molecular complexity index is 403. The summed E-state index contributed by atoms with van der Waals surface area (Å²) >= 11 is 0. The van der Waals surface area contributed by atoms with Crippen LogP contribution in [0.3, 0.4) is 0 Å². The molecule has 1 aromatic rings. The molecule has 1 heterocycles. The number of nitrogens with one attached hydrogen (secondary N) is 1. The minimum atomic E-state index is -1.06. The second kappa shape index (κ2) is 3.66. The number of carboxylic acid groups (broad SMARTS) is 1. The number of hydrogen-bond donors (Lipinski definition) is 3. The number of aromatic nitrogens is 2. The van der Waals surface area contributed by atoms with Crippen molar-refractivity contribution < 1.29 is 9.90 Å². The first-order valence-electron chi connectivity index (χ1n) is 3.76. The Balaban J connectivity index is 3.15. The molecule has 14 heavy (non-hydrogen) atoms. The molecule has 0 bridgehead atoms. The topological polar surface area (TPSA) is 117 Å². The maximum Gasteiger partial charge on any atom is 0.325 e. The van der Waals surface area contributed by atoms with Gasteiger partial charge in [-0.1, -0.05) is 0 Å². The Labute approximate surface area is 79.7 Å². The Kier molecular flexibility index (Phi) is 2.57. The van der Waals surface area contributed by atoms with Gasteiger partial charge in [-0.25, -0.2) is 4.68 Å². The summed E-state index contributed by atoms with van der Waals surface area (Å²) in [7, 11) is 1.58. The molecule has 0 aromatic carbocycles. The summed E-state index contributed by atoms with van der Waals surface area (Å²) < 4.78 is 1.06. The van der Waals surface area contributed by atoms with Gasteiger partial charge in [-0.3, -0.25) is 4.79 Å². The molecule has 4 N–H and O–H groups in total. The van der Waals surface area contributed by atoms with Crippen molar-refractivity contribution in [2.24, 2.45) is 0 Å². The minimum Gasteiger partial charge on any atom is -0.480 e. The number of nitriles is 1. The van der Waals surface area contributed by atoms with Gasteiger partial charge >= 0.3 is 5.97 Å². The number of anilines is 2. The van der Waals surface area contributed by atoms with Crippen molar-refractivity contribution in [2.75, 3.05) is 18.1 Å². The predicted molar refractivity (Wildman–Crippen MR) is 48.5 cm³/mol. The smallest absolute Gasteiger partial charge is 0.325 e. The molecular weight excluding hydrogens is 186 g/mol. The molecule has 1 rings (SSSR count). The van der Waals surface area contributed by atoms with Crippen LogP contribution in [-0.4, -0.2) is 27.9 Å². The van der Waals surface area contributed by atoms with Crippen LogP contribution in [0.15, 0.2) is 0 Å². The predicted octanol–water partition coefficient (Wildman–Crippen LogP) is -0.537. The van der Waals surface area contributed by atoms with Gasteiger partial charge in [-0.05, 0) is 0 Å². The first kappa shape index (κ1) is 9.85. The van der Waals surface area contributed by atoms with Gasteiger partial charge in [0.1, 0.15) is 24.0 Å². The van der Waals surface area contributed by atoms with E-state index in [9.17, 15) is 4.79 Å². The summed E-state index contributed by atoms with van der Waals surface area (Å²) in [5.41, 5.74) is 5.67. The average Bonchev–Trinajstić information content (AvgIpc) is 2.42. The highest BCUT2D eigenvalue weighted by molar-refractivity contribution is 5.69. The average molecular weight is 195 g/mol. The summed E-state index contributed by atoms with van der Waals surface area (Å²) in [5, 5.41) is 23.7. The SMILES string of the molecule is CNc1nn(CC(=O)O)c(N)c1C#N. The van der Waals surface area contributed by atoms with Gasteiger partial charge in [0.25, 0.3) is 0 Å². The quantitative estimate of drug-likeness (QED) is 0.596. The van der Waals surface area contributed by atoms with Crippen LogP contribution < -0.4 is 11.1 Å². The summed E-state index contributed by atoms with van der Waals surface area (Å²) in [5.74, 6) is -0.725. The number of carbonyl (C=O) groups is 1. The Morgan fingerprint density at radius 2 is 2.50 bits per heavy atom. The number of hydrogen-bond acceptors (Lipinski definition) is 5. The van der Waals surface area contributed by atoms with Crippen molar-refractivity contribution in [2.45, 2.75) is 6.54 Å². The molecule has 0 saturated carbocycles. The van der Waals surface area contributed by atoms with E-state index in [4.69, 9.17) is 16.1 Å². The third-order valence-electron chi connectivity index (χ3n) is 1.63. The third-order valence-corrected chi connectivity index (χ3v) is 1.63. The van der Waals surface area contributed by atoms with Gasteiger partial charge in [-0.2, -0.15) is 10.4 Å². The second-order valence-corrected chi connectivity index (χ2v) is 2.52. The maximum absolute atomic E-state index is 10.4. The van der Waals surface area contributed by atoms with Crippen molar-refractivity contribution in [3.8, 4) is 6.07 Å². The molecule has 1 aromatic heterocycles. The van der Waals surface area contributed by atoms with Gasteiger partial charge in [0, 0.05) is 7.05 Å². The van der Waals surface area contributed by atoms with Crippen LogP contribution in [0, 0.1) is 11.3 Å². The summed E-state index contributed by atoms with van der Waals surface area (Å²) in [6.45, 7) is -0.359. The number of nitrogens with zero attached hydrogens (tertiary/aromatic N) is 3. The lowest BCUT2D eigenvalue weighted by molar-refractivity contribution is -0.137. The molecule has 74 valence electrons. The molecule has 0 fully saturated rings. The standard InChI is InChI=1S/C7H9N5O2/c1-10-7-4(2-8)6(9)12(11-7)3-5(13)14/h3,9H2,1H3,(H,10,11)(H,13,14). The summed E-state index contributed by atoms with van der Waals surface area (Å²) in [6, 6.07) is 1.84. The highest BCUT2D eigenvalue weighted by Crippen LogP contribution is 2.19. The molecule has 0 aliphatic rings. The summed E-state index contributed by atoms with van der Waals surface area (Å²) in [4.78, 5) is 10.4. The number of nitrogens with two attached hydrogens (primary N) is 1. The van der Waals surface area contributed by atoms with Crippen molar-refractivity contribution >= 4 is 17.6 Å². The largest absolute Gasteiger partial charge is 0.480 e. The fraction of sp³-hybridized carbons (Fsp3) is 0.286. The van der Waals surface area contributed by atoms with E-state index < -0.39 is 5.97 Å². The first-order valence-corrected chi connectivity index (χ1v) is 3.76. The second-order valence-electron chi connectivity index (χ2n) is 2.52. The van der Waals surface area contributed by atoms with Crippen LogP contribution in [-0.2, 0) is 11.3 Å².